The van der Waals surface area contributed by atoms with E-state index >= 15 is 0 Å². The summed E-state index contributed by atoms with van der Waals surface area (Å²) in [5.41, 5.74) is 0.468. The third-order valence-electron chi connectivity index (χ3n) is 7.33. The summed E-state index contributed by atoms with van der Waals surface area (Å²) < 4.78 is 17.9. The van der Waals surface area contributed by atoms with E-state index in [1.807, 2.05) is 0 Å². The van der Waals surface area contributed by atoms with Gasteiger partial charge in [-0.1, -0.05) is 6.07 Å². The molecule has 0 unspecified atom stereocenters. The molecule has 0 spiro atoms. The average molecular weight is 556 g/mol. The Morgan fingerprint density at radius 1 is 0.659 bits per heavy atom. The van der Waals surface area contributed by atoms with Crippen molar-refractivity contribution in [3.63, 3.8) is 0 Å². The van der Waals surface area contributed by atoms with E-state index in [-0.39, 0.29) is 79.2 Å². The number of ether oxygens (including phenoxy) is 1. The van der Waals surface area contributed by atoms with Crippen molar-refractivity contribution in [2.75, 3.05) is 0 Å². The van der Waals surface area contributed by atoms with Crippen LogP contribution >= 0.6 is 0 Å². The Labute approximate surface area is 228 Å². The lowest BCUT2D eigenvalue weighted by Crippen LogP contribution is -2.30. The quantitative estimate of drug-likeness (QED) is 0.0893. The smallest absolute Gasteiger partial charge is 0.186 e. The van der Waals surface area contributed by atoms with Gasteiger partial charge in [0.15, 0.2) is 39.9 Å². The first kappa shape index (κ1) is 24.5. The zero-order valence-corrected chi connectivity index (χ0v) is 20.8. The second-order valence-corrected chi connectivity index (χ2v) is 9.89. The van der Waals surface area contributed by atoms with Gasteiger partial charge in [-0.15, -0.1) is 0 Å². The van der Waals surface area contributed by atoms with Crippen molar-refractivity contribution in [3.8, 4) is 51.6 Å². The standard InChI is InChI=1S/C30H20O11/c31-13-7-21-24-22(8-13)41-30(12-2-4-16(33)18(35)6-12)28(38)26(24)25-23(39-21)10-20-14(27(25)37)9-19(36)29(40-20)11-1-3-15(32)17(34)5-11/h1-8,10,19,29,32-38H,9H2/t19-,29+/m0/s1. The molecule has 2 atom stereocenters. The summed E-state index contributed by atoms with van der Waals surface area (Å²) in [6.07, 6.45) is -2.20. The van der Waals surface area contributed by atoms with Crippen LogP contribution in [0.4, 0.5) is 0 Å². The second-order valence-electron chi connectivity index (χ2n) is 9.89. The van der Waals surface area contributed by atoms with Crippen LogP contribution in [0.5, 0.6) is 40.2 Å². The average Bonchev–Trinajstić information content (AvgIpc) is 2.93. The molecule has 0 saturated heterocycles. The van der Waals surface area contributed by atoms with Crippen LogP contribution in [0.15, 0.2) is 68.2 Å². The van der Waals surface area contributed by atoms with E-state index in [9.17, 15) is 40.5 Å². The first-order valence-corrected chi connectivity index (χ1v) is 12.4. The number of rotatable bonds is 2. The molecule has 0 radical (unpaired) electrons. The molecular weight excluding hydrogens is 536 g/mol. The number of hydrogen-bond acceptors (Lipinski definition) is 11. The molecule has 0 fully saturated rings. The molecule has 11 heteroatoms. The summed E-state index contributed by atoms with van der Waals surface area (Å²) in [5, 5.41) is 73.7. The van der Waals surface area contributed by atoms with Crippen molar-refractivity contribution in [1.82, 2.24) is 0 Å². The lowest BCUT2D eigenvalue weighted by atomic mass is 9.91. The summed E-state index contributed by atoms with van der Waals surface area (Å²) >= 11 is 0. The molecule has 1 aliphatic heterocycles. The summed E-state index contributed by atoms with van der Waals surface area (Å²) in [7, 11) is 0. The van der Waals surface area contributed by atoms with Gasteiger partial charge >= 0.3 is 0 Å². The van der Waals surface area contributed by atoms with Crippen LogP contribution in [-0.2, 0) is 6.42 Å². The Kier molecular flexibility index (Phi) is 5.06. The van der Waals surface area contributed by atoms with Crippen LogP contribution in [0.2, 0.25) is 0 Å². The van der Waals surface area contributed by atoms with E-state index in [4.69, 9.17) is 13.6 Å². The highest BCUT2D eigenvalue weighted by Crippen LogP contribution is 2.51. The Hall–Kier alpha value is -5.55. The highest BCUT2D eigenvalue weighted by molar-refractivity contribution is 6.21. The normalized spacial score (nSPS) is 16.7. The summed E-state index contributed by atoms with van der Waals surface area (Å²) in [4.78, 5) is 12.5. The van der Waals surface area contributed by atoms with E-state index in [1.54, 1.807) is 0 Å². The zero-order valence-electron chi connectivity index (χ0n) is 20.8. The van der Waals surface area contributed by atoms with Crippen LogP contribution in [0.3, 0.4) is 0 Å². The molecule has 4 aromatic carbocycles. The predicted octanol–water partition coefficient (Wildman–Crippen LogP) is 4.63. The van der Waals surface area contributed by atoms with Crippen molar-refractivity contribution < 1.29 is 49.3 Å². The van der Waals surface area contributed by atoms with Gasteiger partial charge in [-0.2, -0.15) is 0 Å². The van der Waals surface area contributed by atoms with Gasteiger partial charge < -0.3 is 49.3 Å². The van der Waals surface area contributed by atoms with Crippen molar-refractivity contribution >= 4 is 32.9 Å². The van der Waals surface area contributed by atoms with E-state index in [0.29, 0.717) is 5.56 Å². The van der Waals surface area contributed by atoms with Gasteiger partial charge in [-0.3, -0.25) is 4.79 Å². The van der Waals surface area contributed by atoms with E-state index < -0.39 is 34.9 Å². The molecule has 206 valence electrons. The molecule has 2 aromatic heterocycles. The maximum absolute atomic E-state index is 12.5. The topological polar surface area (TPSA) is 194 Å². The van der Waals surface area contributed by atoms with Crippen molar-refractivity contribution in [2.45, 2.75) is 18.6 Å². The summed E-state index contributed by atoms with van der Waals surface area (Å²) in [6.45, 7) is 0. The predicted molar refractivity (Wildman–Crippen MR) is 145 cm³/mol. The number of phenols is 5. The maximum atomic E-state index is 12.5. The van der Waals surface area contributed by atoms with Gasteiger partial charge in [-0.05, 0) is 35.9 Å². The number of aliphatic hydroxyl groups is 1. The molecule has 3 heterocycles. The van der Waals surface area contributed by atoms with Crippen LogP contribution in [0.1, 0.15) is 17.2 Å². The van der Waals surface area contributed by atoms with Gasteiger partial charge in [0.1, 0.15) is 34.4 Å². The van der Waals surface area contributed by atoms with E-state index in [2.05, 4.69) is 0 Å². The second kappa shape index (κ2) is 8.47. The molecule has 6 aromatic rings. The SMILES string of the molecule is O=c1cc2oc(-c3ccc(O)c(O)c3)c(O)c3c4c(O)c5c(cc4oc(c1)c23)O[C@H](c1ccc(O)c(O)c1)[C@@H](O)C5. The summed E-state index contributed by atoms with van der Waals surface area (Å²) in [6, 6.07) is 11.7. The molecule has 7 N–H and O–H groups in total. The van der Waals surface area contributed by atoms with Crippen LogP contribution in [0.25, 0.3) is 44.2 Å². The minimum Gasteiger partial charge on any atom is -0.507 e. The number of aliphatic hydroxyl groups excluding tert-OH is 1. The molecular formula is C30H20O11. The fourth-order valence-electron chi connectivity index (χ4n) is 5.41. The van der Waals surface area contributed by atoms with E-state index in [1.165, 1.54) is 54.6 Å². The number of aromatic hydroxyl groups is 6. The lowest BCUT2D eigenvalue weighted by Gasteiger charge is -2.31. The number of phenolic OH excluding ortho intramolecular Hbond substituents is 5. The zero-order chi connectivity index (χ0) is 28.7. The molecule has 0 bridgehead atoms. The number of benzene rings is 4. The molecule has 11 nitrogen and oxygen atoms in total. The Bertz CT molecular complexity index is 2120. The Balaban J connectivity index is 1.51. The minimum absolute atomic E-state index is 0.0362. The van der Waals surface area contributed by atoms with Gasteiger partial charge in [0, 0.05) is 41.1 Å². The Morgan fingerprint density at radius 3 is 2.02 bits per heavy atom. The van der Waals surface area contributed by atoms with Gasteiger partial charge in [0.05, 0.1) is 16.9 Å². The van der Waals surface area contributed by atoms with Crippen LogP contribution < -0.4 is 10.2 Å². The van der Waals surface area contributed by atoms with Crippen LogP contribution in [0, 0.1) is 0 Å². The van der Waals surface area contributed by atoms with Crippen molar-refractivity contribution in [1.29, 1.82) is 0 Å². The molecule has 1 aliphatic rings. The largest absolute Gasteiger partial charge is 0.507 e. The minimum atomic E-state index is -1.16. The molecule has 0 aliphatic carbocycles. The lowest BCUT2D eigenvalue weighted by molar-refractivity contribution is 0.0200. The fourth-order valence-corrected chi connectivity index (χ4v) is 5.41. The van der Waals surface area contributed by atoms with Crippen molar-refractivity contribution in [3.05, 3.63) is 75.9 Å². The third-order valence-corrected chi connectivity index (χ3v) is 7.33. The van der Waals surface area contributed by atoms with E-state index in [0.717, 1.165) is 0 Å². The first-order valence-electron chi connectivity index (χ1n) is 12.4. The number of fused-ring (bicyclic) bond motifs is 3. The number of hydrogen-bond donors (Lipinski definition) is 7. The van der Waals surface area contributed by atoms with Crippen LogP contribution in [-0.4, -0.2) is 41.8 Å². The highest BCUT2D eigenvalue weighted by Gasteiger charge is 2.34. The summed E-state index contributed by atoms with van der Waals surface area (Å²) in [5.74, 6) is -2.34. The fraction of sp³-hybridized carbons (Fsp3) is 0.100. The molecule has 41 heavy (non-hydrogen) atoms. The van der Waals surface area contributed by atoms with Gasteiger partial charge in [-0.25, -0.2) is 0 Å². The van der Waals surface area contributed by atoms with Gasteiger partial charge in [0.25, 0.3) is 0 Å². The maximum Gasteiger partial charge on any atom is 0.186 e. The highest BCUT2D eigenvalue weighted by atomic mass is 16.5. The molecule has 0 saturated carbocycles. The monoisotopic (exact) mass is 556 g/mol. The Morgan fingerprint density at radius 2 is 1.32 bits per heavy atom. The molecule has 0 amide bonds. The first-order chi connectivity index (χ1) is 19.6. The third kappa shape index (κ3) is 3.60. The molecule has 7 rings (SSSR count). The van der Waals surface area contributed by atoms with Crippen molar-refractivity contribution in [2.24, 2.45) is 0 Å². The van der Waals surface area contributed by atoms with Gasteiger partial charge in [0.2, 0.25) is 0 Å².